The van der Waals surface area contributed by atoms with Crippen LogP contribution in [0, 0.1) is 5.82 Å². The maximum Gasteiger partial charge on any atom is 0.272 e. The van der Waals surface area contributed by atoms with Crippen LogP contribution in [0.1, 0.15) is 22.0 Å². The van der Waals surface area contributed by atoms with Gasteiger partial charge < -0.3 is 15.0 Å². The van der Waals surface area contributed by atoms with Gasteiger partial charge in [-0.15, -0.1) is 0 Å². The van der Waals surface area contributed by atoms with Crippen molar-refractivity contribution in [1.29, 1.82) is 0 Å². The molecule has 0 aliphatic carbocycles. The fourth-order valence-corrected chi connectivity index (χ4v) is 3.76. The summed E-state index contributed by atoms with van der Waals surface area (Å²) in [5, 5.41) is 6.86. The molecule has 0 radical (unpaired) electrons. The molecule has 0 unspecified atom stereocenters. The Hall–Kier alpha value is -2.74. The van der Waals surface area contributed by atoms with Gasteiger partial charge in [-0.25, -0.2) is 4.39 Å². The molecule has 136 valence electrons. The van der Waals surface area contributed by atoms with Gasteiger partial charge >= 0.3 is 0 Å². The quantitative estimate of drug-likeness (QED) is 0.857. The number of rotatable bonds is 2. The van der Waals surface area contributed by atoms with Crippen molar-refractivity contribution in [1.82, 2.24) is 20.0 Å². The number of nitrogens with one attached hydrogen (secondary N) is 1. The fraction of sp³-hybridized carbons (Fsp3) is 0.389. The number of benzene rings is 1. The van der Waals surface area contributed by atoms with Crippen LogP contribution in [0.15, 0.2) is 36.5 Å². The second kappa shape index (κ2) is 6.53. The maximum absolute atomic E-state index is 13.3. The van der Waals surface area contributed by atoms with Crippen molar-refractivity contribution >= 4 is 11.8 Å². The van der Waals surface area contributed by atoms with Gasteiger partial charge in [0.1, 0.15) is 18.1 Å². The second-order valence-electron chi connectivity index (χ2n) is 6.60. The standard InChI is InChI=1S/C18H19FN4O3/c1-22-14(6-7-21-22)18(25)23-9-13(11-2-4-12(19)5-3-11)17-15(23)8-20-16(24)10-26-17/h2-7,13,15,17H,8-10H2,1H3,(H,20,24)/t13-,15-,17-/m1/s1. The van der Waals surface area contributed by atoms with Gasteiger partial charge in [-0.3, -0.25) is 14.3 Å². The van der Waals surface area contributed by atoms with E-state index in [0.717, 1.165) is 5.56 Å². The Kier molecular flexibility index (Phi) is 4.20. The molecule has 3 atom stereocenters. The zero-order chi connectivity index (χ0) is 18.3. The molecule has 1 aromatic heterocycles. The molecule has 2 saturated heterocycles. The fourth-order valence-electron chi connectivity index (χ4n) is 3.76. The average molecular weight is 358 g/mol. The van der Waals surface area contributed by atoms with Gasteiger partial charge in [-0.2, -0.15) is 5.10 Å². The first-order chi connectivity index (χ1) is 12.5. The molecule has 2 fully saturated rings. The van der Waals surface area contributed by atoms with Crippen molar-refractivity contribution < 1.29 is 18.7 Å². The van der Waals surface area contributed by atoms with E-state index in [9.17, 15) is 14.0 Å². The number of likely N-dealkylation sites (tertiary alicyclic amines) is 1. The van der Waals surface area contributed by atoms with Crippen LogP contribution < -0.4 is 5.32 Å². The first-order valence-electron chi connectivity index (χ1n) is 8.47. The molecule has 3 heterocycles. The van der Waals surface area contributed by atoms with E-state index >= 15 is 0 Å². The average Bonchev–Trinajstić information content (AvgIpc) is 3.16. The number of carbonyl (C=O) groups excluding carboxylic acids is 2. The van der Waals surface area contributed by atoms with Crippen LogP contribution >= 0.6 is 0 Å². The molecule has 2 aromatic rings. The van der Waals surface area contributed by atoms with E-state index in [2.05, 4.69) is 10.4 Å². The molecule has 2 amide bonds. The Bertz CT molecular complexity index is 835. The summed E-state index contributed by atoms with van der Waals surface area (Å²) in [6.07, 6.45) is 1.24. The summed E-state index contributed by atoms with van der Waals surface area (Å²) in [6, 6.07) is 7.58. The lowest BCUT2D eigenvalue weighted by molar-refractivity contribution is -0.125. The SMILES string of the molecule is Cn1nccc1C(=O)N1C[C@H](c2ccc(F)cc2)[C@H]2OCC(=O)NC[C@H]21. The summed E-state index contributed by atoms with van der Waals surface area (Å²) >= 11 is 0. The third kappa shape index (κ3) is 2.86. The van der Waals surface area contributed by atoms with E-state index in [-0.39, 0.29) is 42.3 Å². The Morgan fingerprint density at radius 1 is 1.31 bits per heavy atom. The van der Waals surface area contributed by atoms with Gasteiger partial charge in [0.25, 0.3) is 5.91 Å². The van der Waals surface area contributed by atoms with E-state index in [0.29, 0.717) is 18.8 Å². The molecule has 8 heteroatoms. The molecule has 26 heavy (non-hydrogen) atoms. The smallest absolute Gasteiger partial charge is 0.272 e. The summed E-state index contributed by atoms with van der Waals surface area (Å²) < 4.78 is 20.7. The summed E-state index contributed by atoms with van der Waals surface area (Å²) in [7, 11) is 1.71. The van der Waals surface area contributed by atoms with Crippen LogP contribution in [0.25, 0.3) is 0 Å². The van der Waals surface area contributed by atoms with Crippen molar-refractivity contribution in [3.63, 3.8) is 0 Å². The second-order valence-corrected chi connectivity index (χ2v) is 6.60. The van der Waals surface area contributed by atoms with Crippen molar-refractivity contribution in [2.75, 3.05) is 19.7 Å². The Labute approximate surface area is 149 Å². The number of hydrogen-bond acceptors (Lipinski definition) is 4. The summed E-state index contributed by atoms with van der Waals surface area (Å²) in [6.45, 7) is 0.707. The molecule has 0 spiro atoms. The number of halogens is 1. The highest BCUT2D eigenvalue weighted by Crippen LogP contribution is 2.36. The zero-order valence-electron chi connectivity index (χ0n) is 14.3. The van der Waals surface area contributed by atoms with E-state index in [4.69, 9.17) is 4.74 Å². The third-order valence-corrected chi connectivity index (χ3v) is 5.08. The molecule has 2 aliphatic heterocycles. The van der Waals surface area contributed by atoms with Crippen LogP contribution in [0.3, 0.4) is 0 Å². The van der Waals surface area contributed by atoms with Gasteiger partial charge in [0.2, 0.25) is 5.91 Å². The summed E-state index contributed by atoms with van der Waals surface area (Å²) in [4.78, 5) is 26.5. The minimum atomic E-state index is -0.336. The minimum absolute atomic E-state index is 0.0490. The van der Waals surface area contributed by atoms with E-state index in [1.165, 1.54) is 16.8 Å². The monoisotopic (exact) mass is 358 g/mol. The summed E-state index contributed by atoms with van der Waals surface area (Å²) in [5.74, 6) is -0.815. The van der Waals surface area contributed by atoms with Crippen LogP contribution in [0.2, 0.25) is 0 Å². The third-order valence-electron chi connectivity index (χ3n) is 5.08. The molecule has 1 aromatic carbocycles. The number of hydrogen-bond donors (Lipinski definition) is 1. The van der Waals surface area contributed by atoms with Gasteiger partial charge in [-0.1, -0.05) is 12.1 Å². The Balaban J connectivity index is 1.68. The first-order valence-corrected chi connectivity index (χ1v) is 8.47. The van der Waals surface area contributed by atoms with Crippen molar-refractivity contribution in [2.24, 2.45) is 7.05 Å². The molecule has 0 saturated carbocycles. The van der Waals surface area contributed by atoms with Gasteiger partial charge in [0.05, 0.1) is 12.1 Å². The van der Waals surface area contributed by atoms with E-state index in [1.807, 2.05) is 0 Å². The van der Waals surface area contributed by atoms with Crippen LogP contribution in [-0.2, 0) is 16.6 Å². The van der Waals surface area contributed by atoms with Crippen molar-refractivity contribution in [3.05, 3.63) is 53.6 Å². The molecule has 7 nitrogen and oxygen atoms in total. The largest absolute Gasteiger partial charge is 0.365 e. The maximum atomic E-state index is 13.3. The number of fused-ring (bicyclic) bond motifs is 1. The Morgan fingerprint density at radius 3 is 2.77 bits per heavy atom. The van der Waals surface area contributed by atoms with Gasteiger partial charge in [0, 0.05) is 32.3 Å². The molecule has 4 rings (SSSR count). The normalized spacial score (nSPS) is 25.5. The lowest BCUT2D eigenvalue weighted by Crippen LogP contribution is -2.45. The number of aryl methyl sites for hydroxylation is 1. The van der Waals surface area contributed by atoms with E-state index < -0.39 is 0 Å². The van der Waals surface area contributed by atoms with Gasteiger partial charge in [-0.05, 0) is 23.8 Å². The molecular formula is C18H19FN4O3. The molecular weight excluding hydrogens is 339 g/mol. The van der Waals surface area contributed by atoms with E-state index in [1.54, 1.807) is 36.3 Å². The predicted molar refractivity (Wildman–Crippen MR) is 89.9 cm³/mol. The summed E-state index contributed by atoms with van der Waals surface area (Å²) in [5.41, 5.74) is 1.36. The molecule has 2 aliphatic rings. The highest BCUT2D eigenvalue weighted by molar-refractivity contribution is 5.93. The van der Waals surface area contributed by atoms with Gasteiger partial charge in [0.15, 0.2) is 0 Å². The molecule has 0 bridgehead atoms. The first kappa shape index (κ1) is 16.7. The highest BCUT2D eigenvalue weighted by atomic mass is 19.1. The predicted octanol–water partition coefficient (Wildman–Crippen LogP) is 0.682. The van der Waals surface area contributed by atoms with Crippen molar-refractivity contribution in [3.8, 4) is 0 Å². The number of aromatic nitrogens is 2. The van der Waals surface area contributed by atoms with Crippen LogP contribution in [-0.4, -0.2) is 58.3 Å². The molecule has 1 N–H and O–H groups in total. The lowest BCUT2D eigenvalue weighted by atomic mass is 9.93. The van der Waals surface area contributed by atoms with Crippen LogP contribution in [0.4, 0.5) is 4.39 Å². The Morgan fingerprint density at radius 2 is 2.08 bits per heavy atom. The highest BCUT2D eigenvalue weighted by Gasteiger charge is 2.47. The van der Waals surface area contributed by atoms with Crippen LogP contribution in [0.5, 0.6) is 0 Å². The minimum Gasteiger partial charge on any atom is -0.365 e. The van der Waals surface area contributed by atoms with Crippen molar-refractivity contribution in [2.45, 2.75) is 18.1 Å². The number of ether oxygens (including phenoxy) is 1. The zero-order valence-corrected chi connectivity index (χ0v) is 14.3. The number of amides is 2. The number of carbonyl (C=O) groups is 2. The topological polar surface area (TPSA) is 76.5 Å². The lowest BCUT2D eigenvalue weighted by Gasteiger charge is -2.26. The number of nitrogens with zero attached hydrogens (tertiary/aromatic N) is 3.